The van der Waals surface area contributed by atoms with Crippen LogP contribution in [0.3, 0.4) is 0 Å². The number of carbonyl (C=O) groups excluding carboxylic acids is 2. The Kier molecular flexibility index (Phi) is 3.19. The van der Waals surface area contributed by atoms with Crippen LogP contribution in [0.1, 0.15) is 18.2 Å². The van der Waals surface area contributed by atoms with E-state index in [9.17, 15) is 19.7 Å². The van der Waals surface area contributed by atoms with E-state index in [0.717, 1.165) is 27.1 Å². The highest BCUT2D eigenvalue weighted by Gasteiger charge is 2.59. The minimum absolute atomic E-state index is 0.0929. The second-order valence-electron chi connectivity index (χ2n) is 7.19. The summed E-state index contributed by atoms with van der Waals surface area (Å²) in [7, 11) is 0. The lowest BCUT2D eigenvalue weighted by molar-refractivity contribution is -0.384. The summed E-state index contributed by atoms with van der Waals surface area (Å²) in [6, 6.07) is 12.9. The van der Waals surface area contributed by atoms with E-state index in [1.54, 1.807) is 11.8 Å². The van der Waals surface area contributed by atoms with Crippen LogP contribution in [-0.2, 0) is 16.8 Å². The number of rotatable bonds is 2. The maximum Gasteiger partial charge on any atom is 0.332 e. The number of non-ortho nitro benzene ring substituents is 1. The molecule has 2 aromatic carbocycles. The number of hydrogen-bond donors (Lipinski definition) is 1. The topological polar surface area (TPSA) is 99.6 Å². The molecule has 1 N–H and O–H groups in total. The van der Waals surface area contributed by atoms with E-state index in [1.807, 2.05) is 24.3 Å². The molecular formula is C20H16N4O4. The summed E-state index contributed by atoms with van der Waals surface area (Å²) in [6.45, 7) is 2.19. The van der Waals surface area contributed by atoms with Gasteiger partial charge in [0.1, 0.15) is 0 Å². The molecule has 0 bridgehead atoms. The zero-order valence-corrected chi connectivity index (χ0v) is 15.0. The summed E-state index contributed by atoms with van der Waals surface area (Å²) in [6.07, 6.45) is 0.655. The summed E-state index contributed by atoms with van der Waals surface area (Å²) in [5.41, 5.74) is 1.83. The molecule has 0 aliphatic carbocycles. The van der Waals surface area contributed by atoms with Gasteiger partial charge in [0.15, 0.2) is 5.54 Å². The van der Waals surface area contributed by atoms with Crippen LogP contribution in [-0.4, -0.2) is 33.3 Å². The van der Waals surface area contributed by atoms with Gasteiger partial charge >= 0.3 is 6.03 Å². The first-order valence-corrected chi connectivity index (χ1v) is 8.93. The van der Waals surface area contributed by atoms with Crippen molar-refractivity contribution in [3.05, 3.63) is 69.9 Å². The van der Waals surface area contributed by atoms with E-state index >= 15 is 0 Å². The van der Waals surface area contributed by atoms with Gasteiger partial charge in [-0.25, -0.2) is 9.69 Å². The monoisotopic (exact) mass is 376 g/mol. The molecule has 0 saturated carbocycles. The standard InChI is InChI=1S/C20H16N4O4/c1-20-17-15(14-4-2-3-5-16(14)21-17)10-11-22(20)19(26)23(18(20)25)12-6-8-13(9-7-12)24(27)28/h2-9,21H,10-11H2,1H3/t20-/m1/s1. The number of nitro groups is 1. The Balaban J connectivity index is 1.63. The van der Waals surface area contributed by atoms with E-state index in [2.05, 4.69) is 4.98 Å². The van der Waals surface area contributed by atoms with E-state index in [-0.39, 0.29) is 11.6 Å². The van der Waals surface area contributed by atoms with Crippen LogP contribution in [0, 0.1) is 10.1 Å². The Morgan fingerprint density at radius 2 is 1.82 bits per heavy atom. The molecule has 0 spiro atoms. The second kappa shape index (κ2) is 5.41. The van der Waals surface area contributed by atoms with Crippen molar-refractivity contribution >= 4 is 34.2 Å². The third-order valence-corrected chi connectivity index (χ3v) is 5.79. The quantitative estimate of drug-likeness (QED) is 0.421. The summed E-state index contributed by atoms with van der Waals surface area (Å²) in [4.78, 5) is 42.9. The Bertz CT molecular complexity index is 1170. The van der Waals surface area contributed by atoms with Crippen molar-refractivity contribution in [2.75, 3.05) is 11.4 Å². The molecule has 2 aliphatic rings. The molecule has 3 amide bonds. The van der Waals surface area contributed by atoms with Crippen LogP contribution < -0.4 is 4.90 Å². The van der Waals surface area contributed by atoms with Crippen molar-refractivity contribution < 1.29 is 14.5 Å². The highest BCUT2D eigenvalue weighted by molar-refractivity contribution is 6.23. The van der Waals surface area contributed by atoms with Crippen LogP contribution in [0.15, 0.2) is 48.5 Å². The van der Waals surface area contributed by atoms with Crippen molar-refractivity contribution in [3.63, 3.8) is 0 Å². The van der Waals surface area contributed by atoms with Crippen molar-refractivity contribution in [1.82, 2.24) is 9.88 Å². The Morgan fingerprint density at radius 3 is 2.54 bits per heavy atom. The average molecular weight is 376 g/mol. The summed E-state index contributed by atoms with van der Waals surface area (Å²) < 4.78 is 0. The molecule has 3 heterocycles. The van der Waals surface area contributed by atoms with E-state index < -0.39 is 16.5 Å². The van der Waals surface area contributed by atoms with Crippen LogP contribution in [0.4, 0.5) is 16.2 Å². The molecular weight excluding hydrogens is 360 g/mol. The fourth-order valence-electron chi connectivity index (χ4n) is 4.34. The van der Waals surface area contributed by atoms with Crippen LogP contribution in [0.5, 0.6) is 0 Å². The van der Waals surface area contributed by atoms with E-state index in [0.29, 0.717) is 18.7 Å². The lowest BCUT2D eigenvalue weighted by atomic mass is 9.87. The van der Waals surface area contributed by atoms with Gasteiger partial charge in [0.25, 0.3) is 11.6 Å². The van der Waals surface area contributed by atoms with Crippen molar-refractivity contribution in [2.24, 2.45) is 0 Å². The molecule has 2 aliphatic heterocycles. The number of aromatic nitrogens is 1. The second-order valence-corrected chi connectivity index (χ2v) is 7.19. The predicted molar refractivity (Wildman–Crippen MR) is 102 cm³/mol. The first-order valence-electron chi connectivity index (χ1n) is 8.93. The molecule has 1 saturated heterocycles. The average Bonchev–Trinajstić information content (AvgIpc) is 3.17. The maximum atomic E-state index is 13.4. The number of benzene rings is 2. The third-order valence-electron chi connectivity index (χ3n) is 5.79. The SMILES string of the molecule is C[C@@]12C(=O)N(c3ccc([N+](=O)[O-])cc3)C(=O)N1CCc1c2[nH]c2ccccc12. The molecule has 1 atom stereocenters. The van der Waals surface area contributed by atoms with Gasteiger partial charge < -0.3 is 9.88 Å². The van der Waals surface area contributed by atoms with Crippen LogP contribution in [0.2, 0.25) is 0 Å². The molecule has 28 heavy (non-hydrogen) atoms. The molecule has 1 fully saturated rings. The fourth-order valence-corrected chi connectivity index (χ4v) is 4.34. The number of aromatic amines is 1. The number of nitrogens with one attached hydrogen (secondary N) is 1. The summed E-state index contributed by atoms with van der Waals surface area (Å²) in [5, 5.41) is 11.9. The minimum Gasteiger partial charge on any atom is -0.356 e. The fraction of sp³-hybridized carbons (Fsp3) is 0.200. The van der Waals surface area contributed by atoms with Gasteiger partial charge in [-0.05, 0) is 37.1 Å². The van der Waals surface area contributed by atoms with Gasteiger partial charge in [0.2, 0.25) is 0 Å². The van der Waals surface area contributed by atoms with Gasteiger partial charge in [0.05, 0.1) is 16.3 Å². The molecule has 5 rings (SSSR count). The highest BCUT2D eigenvalue weighted by atomic mass is 16.6. The predicted octanol–water partition coefficient (Wildman–Crippen LogP) is 3.32. The summed E-state index contributed by atoms with van der Waals surface area (Å²) in [5.74, 6) is -0.362. The van der Waals surface area contributed by atoms with Gasteiger partial charge in [-0.2, -0.15) is 0 Å². The number of amides is 3. The first-order chi connectivity index (χ1) is 13.4. The van der Waals surface area contributed by atoms with Gasteiger partial charge in [0, 0.05) is 29.6 Å². The number of nitrogens with zero attached hydrogens (tertiary/aromatic N) is 3. The highest BCUT2D eigenvalue weighted by Crippen LogP contribution is 2.45. The largest absolute Gasteiger partial charge is 0.356 e. The Hall–Kier alpha value is -3.68. The number of anilines is 1. The molecule has 3 aromatic rings. The number of urea groups is 1. The normalized spacial score (nSPS) is 21.2. The molecule has 0 unspecified atom stereocenters. The van der Waals surface area contributed by atoms with Gasteiger partial charge in [-0.3, -0.25) is 14.9 Å². The zero-order chi connectivity index (χ0) is 19.6. The smallest absolute Gasteiger partial charge is 0.332 e. The molecule has 8 nitrogen and oxygen atoms in total. The minimum atomic E-state index is -1.13. The van der Waals surface area contributed by atoms with E-state index in [4.69, 9.17) is 0 Å². The zero-order valence-electron chi connectivity index (χ0n) is 15.0. The number of nitro benzene ring substituents is 1. The number of hydrogen-bond acceptors (Lipinski definition) is 4. The number of para-hydroxylation sites is 1. The first kappa shape index (κ1) is 16.5. The molecule has 0 radical (unpaired) electrons. The van der Waals surface area contributed by atoms with Crippen LogP contribution >= 0.6 is 0 Å². The third kappa shape index (κ3) is 1.94. The van der Waals surface area contributed by atoms with Crippen molar-refractivity contribution in [3.8, 4) is 0 Å². The number of carbonyl (C=O) groups is 2. The van der Waals surface area contributed by atoms with Gasteiger partial charge in [-0.1, -0.05) is 18.2 Å². The van der Waals surface area contributed by atoms with Gasteiger partial charge in [-0.15, -0.1) is 0 Å². The van der Waals surface area contributed by atoms with Crippen molar-refractivity contribution in [1.29, 1.82) is 0 Å². The lowest BCUT2D eigenvalue weighted by Gasteiger charge is -2.35. The summed E-state index contributed by atoms with van der Waals surface area (Å²) >= 11 is 0. The van der Waals surface area contributed by atoms with Crippen molar-refractivity contribution in [2.45, 2.75) is 18.9 Å². The molecule has 1 aromatic heterocycles. The lowest BCUT2D eigenvalue weighted by Crippen LogP contribution is -2.49. The Labute approximate surface area is 159 Å². The number of H-pyrrole nitrogens is 1. The molecule has 8 heteroatoms. The number of imide groups is 1. The van der Waals surface area contributed by atoms with E-state index in [1.165, 1.54) is 24.3 Å². The maximum absolute atomic E-state index is 13.4. The Morgan fingerprint density at radius 1 is 1.11 bits per heavy atom. The number of fused-ring (bicyclic) bond motifs is 5. The molecule has 140 valence electrons. The van der Waals surface area contributed by atoms with Crippen LogP contribution in [0.25, 0.3) is 10.9 Å².